The van der Waals surface area contributed by atoms with Crippen molar-refractivity contribution in [2.24, 2.45) is 0 Å². The van der Waals surface area contributed by atoms with E-state index in [1.807, 2.05) is 52.0 Å². The van der Waals surface area contributed by atoms with Crippen LogP contribution < -0.4 is 5.32 Å². The number of aryl methyl sites for hydroxylation is 2. The molecule has 0 aliphatic heterocycles. The molecule has 6 nitrogen and oxygen atoms in total. The highest BCUT2D eigenvalue weighted by Gasteiger charge is 2.12. The Labute approximate surface area is 156 Å². The summed E-state index contributed by atoms with van der Waals surface area (Å²) < 4.78 is 5.70. The molecule has 2 aromatic carbocycles. The van der Waals surface area contributed by atoms with Crippen molar-refractivity contribution in [3.05, 3.63) is 59.2 Å². The molecule has 0 spiro atoms. The number of hydrogen-bond acceptors (Lipinski definition) is 5. The highest BCUT2D eigenvalue weighted by Crippen LogP contribution is 2.24. The minimum atomic E-state index is -0.205. The summed E-state index contributed by atoms with van der Waals surface area (Å²) in [6.07, 6.45) is 0. The van der Waals surface area contributed by atoms with E-state index < -0.39 is 0 Å². The molecule has 0 radical (unpaired) electrons. The van der Waals surface area contributed by atoms with Crippen molar-refractivity contribution in [1.82, 2.24) is 15.0 Å². The number of rotatable bonds is 3. The third kappa shape index (κ3) is 3.26. The molecular formula is C21H20N4O2. The van der Waals surface area contributed by atoms with Crippen LogP contribution in [0.5, 0.6) is 0 Å². The monoisotopic (exact) mass is 360 g/mol. The fourth-order valence-corrected chi connectivity index (χ4v) is 2.85. The number of nitrogens with one attached hydrogen (secondary N) is 1. The number of hydrogen-bond donors (Lipinski definition) is 1. The normalized spacial score (nSPS) is 11.4. The van der Waals surface area contributed by atoms with Crippen LogP contribution in [0.25, 0.3) is 22.1 Å². The Kier molecular flexibility index (Phi) is 4.11. The molecule has 4 rings (SSSR count). The zero-order valence-electron chi connectivity index (χ0n) is 15.7. The smallest absolute Gasteiger partial charge is 0.255 e. The number of anilines is 1. The van der Waals surface area contributed by atoms with Crippen LogP contribution in [0.3, 0.4) is 0 Å². The Balaban J connectivity index is 1.62. The molecule has 0 unspecified atom stereocenters. The summed E-state index contributed by atoms with van der Waals surface area (Å²) >= 11 is 0. The standard InChI is InChI=1S/C21H20N4O2/c1-11(2)21-25-18-10-15(6-8-19(18)27-21)24-20(26)14-5-7-16-17(9-14)23-13(4)12(3)22-16/h5-11H,1-4H3,(H,24,26). The van der Waals surface area contributed by atoms with Crippen molar-refractivity contribution in [1.29, 1.82) is 0 Å². The minimum absolute atomic E-state index is 0.205. The maximum atomic E-state index is 12.7. The van der Waals surface area contributed by atoms with Crippen LogP contribution in [-0.4, -0.2) is 20.9 Å². The Hall–Kier alpha value is -3.28. The number of amides is 1. The largest absolute Gasteiger partial charge is 0.440 e. The van der Waals surface area contributed by atoms with Gasteiger partial charge in [-0.25, -0.2) is 15.0 Å². The number of carbonyl (C=O) groups excluding carboxylic acids is 1. The van der Waals surface area contributed by atoms with Gasteiger partial charge in [-0.05, 0) is 50.2 Å². The Morgan fingerprint density at radius 1 is 0.926 bits per heavy atom. The van der Waals surface area contributed by atoms with Gasteiger partial charge in [0.2, 0.25) is 0 Å². The predicted octanol–water partition coefficient (Wildman–Crippen LogP) is 4.76. The molecule has 0 fully saturated rings. The van der Waals surface area contributed by atoms with Crippen LogP contribution in [0.15, 0.2) is 40.8 Å². The van der Waals surface area contributed by atoms with Gasteiger partial charge in [0.1, 0.15) is 5.52 Å². The third-order valence-electron chi connectivity index (χ3n) is 4.49. The number of fused-ring (bicyclic) bond motifs is 2. The van der Waals surface area contributed by atoms with Crippen LogP contribution in [0.2, 0.25) is 0 Å². The van der Waals surface area contributed by atoms with Crippen molar-refractivity contribution >= 4 is 33.7 Å². The van der Waals surface area contributed by atoms with E-state index in [1.54, 1.807) is 12.1 Å². The molecule has 27 heavy (non-hydrogen) atoms. The lowest BCUT2D eigenvalue weighted by Crippen LogP contribution is -2.12. The van der Waals surface area contributed by atoms with Gasteiger partial charge in [0.25, 0.3) is 5.91 Å². The average Bonchev–Trinajstić information content (AvgIpc) is 3.06. The van der Waals surface area contributed by atoms with Crippen molar-refractivity contribution in [3.8, 4) is 0 Å². The Bertz CT molecular complexity index is 1180. The van der Waals surface area contributed by atoms with Crippen LogP contribution >= 0.6 is 0 Å². The van der Waals surface area contributed by atoms with Gasteiger partial charge < -0.3 is 9.73 Å². The third-order valence-corrected chi connectivity index (χ3v) is 4.49. The SMILES string of the molecule is Cc1nc2ccc(C(=O)Nc3ccc4oc(C(C)C)nc4c3)cc2nc1C. The van der Waals surface area contributed by atoms with Gasteiger partial charge in [-0.3, -0.25) is 4.79 Å². The van der Waals surface area contributed by atoms with E-state index in [-0.39, 0.29) is 11.8 Å². The van der Waals surface area contributed by atoms with Crippen molar-refractivity contribution < 1.29 is 9.21 Å². The van der Waals surface area contributed by atoms with Crippen LogP contribution in [0.1, 0.15) is 47.4 Å². The second kappa shape index (κ2) is 6.46. The number of benzene rings is 2. The van der Waals surface area contributed by atoms with E-state index in [0.29, 0.717) is 28.2 Å². The van der Waals surface area contributed by atoms with Gasteiger partial charge in [0.05, 0.1) is 22.4 Å². The van der Waals surface area contributed by atoms with Crippen LogP contribution in [0.4, 0.5) is 5.69 Å². The highest BCUT2D eigenvalue weighted by molar-refractivity contribution is 6.06. The first kappa shape index (κ1) is 17.1. The molecule has 2 aromatic heterocycles. The summed E-state index contributed by atoms with van der Waals surface area (Å²) in [7, 11) is 0. The number of aromatic nitrogens is 3. The van der Waals surface area contributed by atoms with E-state index in [9.17, 15) is 4.79 Å². The van der Waals surface area contributed by atoms with Gasteiger partial charge in [-0.15, -0.1) is 0 Å². The minimum Gasteiger partial charge on any atom is -0.440 e. The summed E-state index contributed by atoms with van der Waals surface area (Å²) in [5.41, 5.74) is 5.87. The van der Waals surface area contributed by atoms with E-state index in [2.05, 4.69) is 20.3 Å². The maximum Gasteiger partial charge on any atom is 0.255 e. The van der Waals surface area contributed by atoms with Crippen LogP contribution in [-0.2, 0) is 0 Å². The molecule has 1 N–H and O–H groups in total. The van der Waals surface area contributed by atoms with Crippen molar-refractivity contribution in [2.75, 3.05) is 5.32 Å². The summed E-state index contributed by atoms with van der Waals surface area (Å²) in [6, 6.07) is 10.8. The van der Waals surface area contributed by atoms with Gasteiger partial charge >= 0.3 is 0 Å². The Morgan fingerprint density at radius 3 is 2.41 bits per heavy atom. The molecule has 136 valence electrons. The quantitative estimate of drug-likeness (QED) is 0.569. The summed E-state index contributed by atoms with van der Waals surface area (Å²) in [4.78, 5) is 26.1. The summed E-state index contributed by atoms with van der Waals surface area (Å²) in [5, 5.41) is 2.91. The second-order valence-corrected chi connectivity index (χ2v) is 6.94. The Morgan fingerprint density at radius 2 is 1.67 bits per heavy atom. The fraction of sp³-hybridized carbons (Fsp3) is 0.238. The lowest BCUT2D eigenvalue weighted by Gasteiger charge is -2.07. The molecule has 0 atom stereocenters. The first-order valence-electron chi connectivity index (χ1n) is 8.87. The molecule has 4 aromatic rings. The lowest BCUT2D eigenvalue weighted by molar-refractivity contribution is 0.102. The summed E-state index contributed by atoms with van der Waals surface area (Å²) in [5.74, 6) is 0.692. The van der Waals surface area contributed by atoms with Crippen molar-refractivity contribution in [2.45, 2.75) is 33.6 Å². The lowest BCUT2D eigenvalue weighted by atomic mass is 10.1. The molecule has 0 saturated heterocycles. The maximum absolute atomic E-state index is 12.7. The highest BCUT2D eigenvalue weighted by atomic mass is 16.3. The molecule has 6 heteroatoms. The van der Waals surface area contributed by atoms with Gasteiger partial charge in [0, 0.05) is 17.2 Å². The van der Waals surface area contributed by atoms with Crippen LogP contribution in [0, 0.1) is 13.8 Å². The molecule has 0 saturated carbocycles. The number of nitrogens with zero attached hydrogens (tertiary/aromatic N) is 3. The molecule has 0 aliphatic rings. The first-order chi connectivity index (χ1) is 12.9. The topological polar surface area (TPSA) is 80.9 Å². The zero-order chi connectivity index (χ0) is 19.1. The van der Waals surface area contributed by atoms with E-state index >= 15 is 0 Å². The zero-order valence-corrected chi connectivity index (χ0v) is 15.7. The number of carbonyl (C=O) groups is 1. The molecule has 0 aliphatic carbocycles. The van der Waals surface area contributed by atoms with Crippen molar-refractivity contribution in [3.63, 3.8) is 0 Å². The molecule has 0 bridgehead atoms. The van der Waals surface area contributed by atoms with E-state index in [4.69, 9.17) is 4.42 Å². The van der Waals surface area contributed by atoms with Gasteiger partial charge in [-0.1, -0.05) is 13.8 Å². The summed E-state index contributed by atoms with van der Waals surface area (Å²) in [6.45, 7) is 7.89. The molecule has 1 amide bonds. The second-order valence-electron chi connectivity index (χ2n) is 6.94. The molecule has 2 heterocycles. The van der Waals surface area contributed by atoms with E-state index in [1.165, 1.54) is 0 Å². The first-order valence-corrected chi connectivity index (χ1v) is 8.87. The fourth-order valence-electron chi connectivity index (χ4n) is 2.85. The number of oxazole rings is 1. The van der Waals surface area contributed by atoms with Gasteiger partial charge in [0.15, 0.2) is 11.5 Å². The molecular weight excluding hydrogens is 340 g/mol. The average molecular weight is 360 g/mol. The van der Waals surface area contributed by atoms with E-state index in [0.717, 1.165) is 22.4 Å². The predicted molar refractivity (Wildman–Crippen MR) is 105 cm³/mol. The van der Waals surface area contributed by atoms with Gasteiger partial charge in [-0.2, -0.15) is 0 Å².